The SMILES string of the molecule is CNCCC1CCN(C(=O)c2ccc(-c3ccccc3Cl)o2)CC1.Cl. The normalized spacial score (nSPS) is 15.0. The van der Waals surface area contributed by atoms with E-state index in [-0.39, 0.29) is 18.3 Å². The van der Waals surface area contributed by atoms with Crippen LogP contribution in [-0.2, 0) is 0 Å². The number of likely N-dealkylation sites (tertiary alicyclic amines) is 1. The van der Waals surface area contributed by atoms with Crippen molar-refractivity contribution in [2.75, 3.05) is 26.7 Å². The first-order valence-corrected chi connectivity index (χ1v) is 8.85. The molecule has 0 unspecified atom stereocenters. The van der Waals surface area contributed by atoms with E-state index >= 15 is 0 Å². The number of hydrogen-bond acceptors (Lipinski definition) is 3. The summed E-state index contributed by atoms with van der Waals surface area (Å²) in [4.78, 5) is 14.5. The average Bonchev–Trinajstić information content (AvgIpc) is 3.10. The average molecular weight is 383 g/mol. The first kappa shape index (κ1) is 19.8. The molecule has 3 rings (SSSR count). The Morgan fingerprint density at radius 1 is 1.24 bits per heavy atom. The number of carbonyl (C=O) groups excluding carboxylic acids is 1. The van der Waals surface area contributed by atoms with Crippen LogP contribution in [0.15, 0.2) is 40.8 Å². The summed E-state index contributed by atoms with van der Waals surface area (Å²) in [7, 11) is 1.98. The standard InChI is InChI=1S/C19H23ClN2O2.ClH/c1-21-11-8-14-9-12-22(13-10-14)19(23)18-7-6-17(24-18)15-4-2-3-5-16(15)20;/h2-7,14,21H,8-13H2,1H3;1H. The molecule has 1 fully saturated rings. The van der Waals surface area contributed by atoms with Gasteiger partial charge in [0.05, 0.1) is 5.02 Å². The molecule has 1 aromatic heterocycles. The van der Waals surface area contributed by atoms with E-state index in [9.17, 15) is 4.79 Å². The zero-order valence-corrected chi connectivity index (χ0v) is 15.9. The van der Waals surface area contributed by atoms with Gasteiger partial charge in [-0.3, -0.25) is 4.79 Å². The quantitative estimate of drug-likeness (QED) is 0.828. The molecule has 0 aliphatic carbocycles. The molecule has 1 N–H and O–H groups in total. The minimum atomic E-state index is -0.0274. The summed E-state index contributed by atoms with van der Waals surface area (Å²) in [6.07, 6.45) is 3.30. The van der Waals surface area contributed by atoms with Crippen LogP contribution in [0.25, 0.3) is 11.3 Å². The number of benzene rings is 1. The summed E-state index contributed by atoms with van der Waals surface area (Å²) in [6.45, 7) is 2.64. The fourth-order valence-electron chi connectivity index (χ4n) is 3.19. The molecule has 4 nitrogen and oxygen atoms in total. The zero-order valence-electron chi connectivity index (χ0n) is 14.3. The van der Waals surface area contributed by atoms with E-state index in [1.807, 2.05) is 42.3 Å². The van der Waals surface area contributed by atoms with Crippen LogP contribution in [0.2, 0.25) is 5.02 Å². The minimum Gasteiger partial charge on any atom is -0.451 e. The summed E-state index contributed by atoms with van der Waals surface area (Å²) in [5.74, 6) is 1.70. The molecule has 2 aromatic rings. The highest BCUT2D eigenvalue weighted by molar-refractivity contribution is 6.33. The highest BCUT2D eigenvalue weighted by Crippen LogP contribution is 2.30. The van der Waals surface area contributed by atoms with Crippen molar-refractivity contribution in [2.45, 2.75) is 19.3 Å². The molecule has 1 aliphatic rings. The minimum absolute atomic E-state index is 0. The number of nitrogens with one attached hydrogen (secondary N) is 1. The molecule has 136 valence electrons. The second-order valence-corrected chi connectivity index (χ2v) is 6.68. The molecule has 0 atom stereocenters. The van der Waals surface area contributed by atoms with E-state index in [0.29, 0.717) is 22.5 Å². The molecule has 25 heavy (non-hydrogen) atoms. The molecule has 0 spiro atoms. The third kappa shape index (κ3) is 4.78. The van der Waals surface area contributed by atoms with Crippen LogP contribution in [0.5, 0.6) is 0 Å². The lowest BCUT2D eigenvalue weighted by Gasteiger charge is -2.31. The van der Waals surface area contributed by atoms with E-state index in [1.54, 1.807) is 6.07 Å². The Labute approximate surface area is 159 Å². The first-order chi connectivity index (χ1) is 11.7. The van der Waals surface area contributed by atoms with Crippen molar-refractivity contribution in [1.82, 2.24) is 10.2 Å². The van der Waals surface area contributed by atoms with E-state index in [1.165, 1.54) is 6.42 Å². The lowest BCUT2D eigenvalue weighted by atomic mass is 9.93. The lowest BCUT2D eigenvalue weighted by molar-refractivity contribution is 0.0656. The van der Waals surface area contributed by atoms with Gasteiger partial charge in [0.15, 0.2) is 5.76 Å². The van der Waals surface area contributed by atoms with Gasteiger partial charge in [0.1, 0.15) is 5.76 Å². The number of furan rings is 1. The number of nitrogens with zero attached hydrogens (tertiary/aromatic N) is 1. The van der Waals surface area contributed by atoms with Crippen molar-refractivity contribution >= 4 is 29.9 Å². The van der Waals surface area contributed by atoms with Crippen LogP contribution in [0.3, 0.4) is 0 Å². The molecule has 2 heterocycles. The van der Waals surface area contributed by atoms with Gasteiger partial charge in [0.2, 0.25) is 0 Å². The second kappa shape index (κ2) is 9.27. The van der Waals surface area contributed by atoms with Crippen LogP contribution in [0.4, 0.5) is 0 Å². The van der Waals surface area contributed by atoms with Gasteiger partial charge in [-0.15, -0.1) is 12.4 Å². The van der Waals surface area contributed by atoms with Crippen LogP contribution in [-0.4, -0.2) is 37.5 Å². The lowest BCUT2D eigenvalue weighted by Crippen LogP contribution is -2.38. The highest BCUT2D eigenvalue weighted by atomic mass is 35.5. The fraction of sp³-hybridized carbons (Fsp3) is 0.421. The predicted octanol–water partition coefficient (Wildman–Crippen LogP) is 4.48. The van der Waals surface area contributed by atoms with Crippen LogP contribution < -0.4 is 5.32 Å². The van der Waals surface area contributed by atoms with Crippen molar-refractivity contribution in [1.29, 1.82) is 0 Å². The Morgan fingerprint density at radius 3 is 2.64 bits per heavy atom. The van der Waals surface area contributed by atoms with Gasteiger partial charge >= 0.3 is 0 Å². The van der Waals surface area contributed by atoms with Crippen molar-refractivity contribution in [3.8, 4) is 11.3 Å². The zero-order chi connectivity index (χ0) is 16.9. The summed E-state index contributed by atoms with van der Waals surface area (Å²) in [6, 6.07) is 11.0. The number of carbonyl (C=O) groups is 1. The largest absolute Gasteiger partial charge is 0.451 e. The summed E-state index contributed by atoms with van der Waals surface area (Å²) in [5, 5.41) is 3.81. The molecule has 0 bridgehead atoms. The van der Waals surface area contributed by atoms with E-state index in [2.05, 4.69) is 5.32 Å². The van der Waals surface area contributed by atoms with Gasteiger partial charge in [0, 0.05) is 18.7 Å². The number of amides is 1. The van der Waals surface area contributed by atoms with Gasteiger partial charge in [0.25, 0.3) is 5.91 Å². The third-order valence-electron chi connectivity index (χ3n) is 4.66. The summed E-state index contributed by atoms with van der Waals surface area (Å²) < 4.78 is 5.77. The highest BCUT2D eigenvalue weighted by Gasteiger charge is 2.25. The maximum atomic E-state index is 12.6. The molecule has 0 radical (unpaired) electrons. The third-order valence-corrected chi connectivity index (χ3v) is 4.99. The number of halogens is 2. The molecule has 1 aliphatic heterocycles. The van der Waals surface area contributed by atoms with Crippen molar-refractivity contribution < 1.29 is 9.21 Å². The van der Waals surface area contributed by atoms with Gasteiger partial charge in [-0.05, 0) is 63.0 Å². The van der Waals surface area contributed by atoms with Crippen molar-refractivity contribution in [3.05, 3.63) is 47.2 Å². The molecule has 0 saturated carbocycles. The van der Waals surface area contributed by atoms with Crippen LogP contribution >= 0.6 is 24.0 Å². The van der Waals surface area contributed by atoms with E-state index in [0.717, 1.165) is 38.0 Å². The molecule has 1 saturated heterocycles. The number of piperidine rings is 1. The Balaban J connectivity index is 0.00000225. The fourth-order valence-corrected chi connectivity index (χ4v) is 3.42. The Morgan fingerprint density at radius 2 is 1.96 bits per heavy atom. The molecule has 6 heteroatoms. The van der Waals surface area contributed by atoms with Crippen LogP contribution in [0.1, 0.15) is 29.8 Å². The number of rotatable bonds is 5. The molecular weight excluding hydrogens is 359 g/mol. The van der Waals surface area contributed by atoms with Crippen LogP contribution in [0, 0.1) is 5.92 Å². The number of hydrogen-bond donors (Lipinski definition) is 1. The van der Waals surface area contributed by atoms with Gasteiger partial charge in [-0.1, -0.05) is 23.7 Å². The Kier molecular flexibility index (Phi) is 7.36. The van der Waals surface area contributed by atoms with Gasteiger partial charge in [-0.2, -0.15) is 0 Å². The maximum absolute atomic E-state index is 12.6. The summed E-state index contributed by atoms with van der Waals surface area (Å²) in [5.41, 5.74) is 0.809. The Hall–Kier alpha value is -1.49. The molecule has 1 amide bonds. The molecule has 1 aromatic carbocycles. The first-order valence-electron chi connectivity index (χ1n) is 8.47. The summed E-state index contributed by atoms with van der Waals surface area (Å²) >= 11 is 6.19. The second-order valence-electron chi connectivity index (χ2n) is 6.27. The monoisotopic (exact) mass is 382 g/mol. The van der Waals surface area contributed by atoms with Crippen molar-refractivity contribution in [2.24, 2.45) is 5.92 Å². The van der Waals surface area contributed by atoms with Gasteiger partial charge in [-0.25, -0.2) is 0 Å². The van der Waals surface area contributed by atoms with Crippen molar-refractivity contribution in [3.63, 3.8) is 0 Å². The smallest absolute Gasteiger partial charge is 0.289 e. The van der Waals surface area contributed by atoms with E-state index < -0.39 is 0 Å². The molecular formula is C19H24Cl2N2O2. The predicted molar refractivity (Wildman–Crippen MR) is 104 cm³/mol. The van der Waals surface area contributed by atoms with E-state index in [4.69, 9.17) is 16.0 Å². The Bertz CT molecular complexity index is 694. The maximum Gasteiger partial charge on any atom is 0.289 e. The topological polar surface area (TPSA) is 45.5 Å². The van der Waals surface area contributed by atoms with Gasteiger partial charge < -0.3 is 14.6 Å².